The first-order valence-electron chi connectivity index (χ1n) is 9.48. The van der Waals surface area contributed by atoms with Gasteiger partial charge in [-0.15, -0.1) is 0 Å². The molecule has 0 aliphatic carbocycles. The van der Waals surface area contributed by atoms with E-state index in [0.29, 0.717) is 13.0 Å². The lowest BCUT2D eigenvalue weighted by Crippen LogP contribution is -2.54. The Morgan fingerprint density at radius 1 is 1.00 bits per heavy atom. The summed E-state index contributed by atoms with van der Waals surface area (Å²) in [7, 11) is -3.69. The molecule has 1 amide bonds. The number of rotatable bonds is 3. The SMILES string of the molecule is C[C@H]1Cc2ccccc2N1C(=O)[C@H]1CCCCN1S(=O)(=O)c1ccccc1. The second kappa shape index (κ2) is 7.09. The smallest absolute Gasteiger partial charge is 0.245 e. The Morgan fingerprint density at radius 2 is 1.70 bits per heavy atom. The molecule has 2 aromatic carbocycles. The van der Waals surface area contributed by atoms with Gasteiger partial charge in [-0.3, -0.25) is 4.79 Å². The Hall–Kier alpha value is -2.18. The van der Waals surface area contributed by atoms with Crippen molar-refractivity contribution in [1.82, 2.24) is 4.31 Å². The minimum absolute atomic E-state index is 0.0399. The largest absolute Gasteiger partial charge is 0.308 e. The van der Waals surface area contributed by atoms with Gasteiger partial charge < -0.3 is 4.90 Å². The van der Waals surface area contributed by atoms with Gasteiger partial charge in [-0.2, -0.15) is 4.31 Å². The maximum Gasteiger partial charge on any atom is 0.245 e. The van der Waals surface area contributed by atoms with Gasteiger partial charge in [0.25, 0.3) is 0 Å². The fourth-order valence-corrected chi connectivity index (χ4v) is 5.90. The third-order valence-electron chi connectivity index (χ3n) is 5.53. The quantitative estimate of drug-likeness (QED) is 0.816. The molecule has 1 fully saturated rings. The van der Waals surface area contributed by atoms with Crippen LogP contribution in [0, 0.1) is 0 Å². The zero-order valence-corrected chi connectivity index (χ0v) is 16.2. The monoisotopic (exact) mass is 384 g/mol. The topological polar surface area (TPSA) is 57.7 Å². The molecule has 0 bridgehead atoms. The maximum absolute atomic E-state index is 13.5. The molecule has 2 atom stereocenters. The van der Waals surface area contributed by atoms with Gasteiger partial charge in [0, 0.05) is 18.3 Å². The van der Waals surface area contributed by atoms with Gasteiger partial charge in [0.15, 0.2) is 0 Å². The summed E-state index contributed by atoms with van der Waals surface area (Å²) >= 11 is 0. The normalized spacial score (nSPS) is 23.2. The van der Waals surface area contributed by atoms with Gasteiger partial charge in [-0.05, 0) is 49.9 Å². The van der Waals surface area contributed by atoms with E-state index in [2.05, 4.69) is 0 Å². The number of carbonyl (C=O) groups excluding carboxylic acids is 1. The van der Waals surface area contributed by atoms with E-state index in [1.807, 2.05) is 31.2 Å². The lowest BCUT2D eigenvalue weighted by molar-refractivity contribution is -0.123. The van der Waals surface area contributed by atoms with E-state index >= 15 is 0 Å². The molecule has 1 saturated heterocycles. The highest BCUT2D eigenvalue weighted by atomic mass is 32.2. The molecule has 5 nitrogen and oxygen atoms in total. The number of benzene rings is 2. The third-order valence-corrected chi connectivity index (χ3v) is 7.46. The van der Waals surface area contributed by atoms with Crippen LogP contribution in [0.25, 0.3) is 0 Å². The van der Waals surface area contributed by atoms with E-state index in [-0.39, 0.29) is 16.8 Å². The summed E-state index contributed by atoms with van der Waals surface area (Å²) in [6.07, 6.45) is 3.01. The molecule has 0 aromatic heterocycles. The highest BCUT2D eigenvalue weighted by Gasteiger charge is 2.42. The lowest BCUT2D eigenvalue weighted by atomic mass is 10.0. The number of hydrogen-bond acceptors (Lipinski definition) is 3. The fourth-order valence-electron chi connectivity index (χ4n) is 4.23. The first-order chi connectivity index (χ1) is 13.0. The predicted octanol–water partition coefficient (Wildman–Crippen LogP) is 3.21. The molecular weight excluding hydrogens is 360 g/mol. The molecule has 2 aromatic rings. The molecule has 0 radical (unpaired) electrons. The Kier molecular flexibility index (Phi) is 4.78. The van der Waals surface area contributed by atoms with Crippen molar-refractivity contribution in [3.05, 3.63) is 60.2 Å². The fraction of sp³-hybridized carbons (Fsp3) is 0.381. The summed E-state index contributed by atoms with van der Waals surface area (Å²) in [5, 5.41) is 0. The van der Waals surface area contributed by atoms with Crippen LogP contribution in [-0.4, -0.2) is 37.3 Å². The van der Waals surface area contributed by atoms with Crippen LogP contribution in [0.2, 0.25) is 0 Å². The van der Waals surface area contributed by atoms with Crippen LogP contribution in [0.4, 0.5) is 5.69 Å². The van der Waals surface area contributed by atoms with E-state index in [4.69, 9.17) is 0 Å². The molecule has 2 heterocycles. The van der Waals surface area contributed by atoms with Crippen molar-refractivity contribution < 1.29 is 13.2 Å². The predicted molar refractivity (Wildman–Crippen MR) is 105 cm³/mol. The Balaban J connectivity index is 1.68. The van der Waals surface area contributed by atoms with Crippen LogP contribution >= 0.6 is 0 Å². The van der Waals surface area contributed by atoms with Crippen molar-refractivity contribution in [3.63, 3.8) is 0 Å². The van der Waals surface area contributed by atoms with Crippen molar-refractivity contribution in [2.45, 2.75) is 49.6 Å². The van der Waals surface area contributed by atoms with E-state index in [1.165, 1.54) is 4.31 Å². The van der Waals surface area contributed by atoms with Crippen molar-refractivity contribution in [3.8, 4) is 0 Å². The first kappa shape index (κ1) is 18.2. The van der Waals surface area contributed by atoms with E-state index < -0.39 is 16.1 Å². The zero-order chi connectivity index (χ0) is 19.0. The highest BCUT2D eigenvalue weighted by molar-refractivity contribution is 7.89. The van der Waals surface area contributed by atoms with Crippen molar-refractivity contribution >= 4 is 21.6 Å². The summed E-state index contributed by atoms with van der Waals surface area (Å²) in [5.41, 5.74) is 2.06. The average molecular weight is 385 g/mol. The Labute approximate surface area is 160 Å². The van der Waals surface area contributed by atoms with Crippen LogP contribution in [0.5, 0.6) is 0 Å². The molecule has 0 N–H and O–H groups in total. The molecule has 6 heteroatoms. The number of piperidine rings is 1. The summed E-state index contributed by atoms with van der Waals surface area (Å²) in [5.74, 6) is -0.105. The summed E-state index contributed by atoms with van der Waals surface area (Å²) in [6.45, 7) is 2.41. The minimum atomic E-state index is -3.69. The average Bonchev–Trinajstić information content (AvgIpc) is 3.04. The van der Waals surface area contributed by atoms with E-state index in [0.717, 1.165) is 30.5 Å². The molecule has 4 rings (SSSR count). The molecule has 0 spiro atoms. The Bertz CT molecular complexity index is 943. The summed E-state index contributed by atoms with van der Waals surface area (Å²) in [6, 6.07) is 15.7. The number of carbonyl (C=O) groups is 1. The van der Waals surface area contributed by atoms with Crippen LogP contribution in [-0.2, 0) is 21.2 Å². The third kappa shape index (κ3) is 3.17. The number of sulfonamides is 1. The molecule has 0 unspecified atom stereocenters. The van der Waals surface area contributed by atoms with Gasteiger partial charge >= 0.3 is 0 Å². The summed E-state index contributed by atoms with van der Waals surface area (Å²) in [4.78, 5) is 15.5. The van der Waals surface area contributed by atoms with Crippen LogP contribution in [0.15, 0.2) is 59.5 Å². The van der Waals surface area contributed by atoms with Crippen LogP contribution < -0.4 is 4.90 Å². The molecule has 2 aliphatic heterocycles. The Morgan fingerprint density at radius 3 is 2.48 bits per heavy atom. The van der Waals surface area contributed by atoms with Crippen molar-refractivity contribution in [2.24, 2.45) is 0 Å². The number of anilines is 1. The standard InChI is InChI=1S/C21H24N2O3S/c1-16-15-17-9-5-6-12-19(17)23(16)21(24)20-13-7-8-14-22(20)27(25,26)18-10-3-2-4-11-18/h2-6,9-12,16,20H,7-8,13-15H2,1H3/t16-,20+/m0/s1. The molecule has 2 aliphatic rings. The van der Waals surface area contributed by atoms with E-state index in [9.17, 15) is 13.2 Å². The second-order valence-electron chi connectivity index (χ2n) is 7.33. The first-order valence-corrected chi connectivity index (χ1v) is 10.9. The van der Waals surface area contributed by atoms with Gasteiger partial charge in [-0.25, -0.2) is 8.42 Å². The number of hydrogen-bond donors (Lipinski definition) is 0. The molecular formula is C21H24N2O3S. The van der Waals surface area contributed by atoms with Crippen LogP contribution in [0.3, 0.4) is 0 Å². The van der Waals surface area contributed by atoms with Gasteiger partial charge in [0.1, 0.15) is 6.04 Å². The summed E-state index contributed by atoms with van der Waals surface area (Å²) < 4.78 is 27.8. The molecule has 0 saturated carbocycles. The molecule has 27 heavy (non-hydrogen) atoms. The number of para-hydroxylation sites is 1. The number of nitrogens with zero attached hydrogens (tertiary/aromatic N) is 2. The maximum atomic E-state index is 13.5. The number of amides is 1. The lowest BCUT2D eigenvalue weighted by Gasteiger charge is -2.37. The zero-order valence-electron chi connectivity index (χ0n) is 15.4. The highest BCUT2D eigenvalue weighted by Crippen LogP contribution is 2.35. The number of fused-ring (bicyclic) bond motifs is 1. The second-order valence-corrected chi connectivity index (χ2v) is 9.22. The minimum Gasteiger partial charge on any atom is -0.308 e. The van der Waals surface area contributed by atoms with Gasteiger partial charge in [-0.1, -0.05) is 42.8 Å². The van der Waals surface area contributed by atoms with Crippen molar-refractivity contribution in [1.29, 1.82) is 0 Å². The van der Waals surface area contributed by atoms with E-state index in [1.54, 1.807) is 35.2 Å². The van der Waals surface area contributed by atoms with Gasteiger partial charge in [0.2, 0.25) is 15.9 Å². The van der Waals surface area contributed by atoms with Gasteiger partial charge in [0.05, 0.1) is 4.90 Å². The van der Waals surface area contributed by atoms with Crippen LogP contribution in [0.1, 0.15) is 31.7 Å². The molecule has 142 valence electrons. The van der Waals surface area contributed by atoms with Crippen molar-refractivity contribution in [2.75, 3.05) is 11.4 Å².